The van der Waals surface area contributed by atoms with E-state index < -0.39 is 52.0 Å². The van der Waals surface area contributed by atoms with Gasteiger partial charge in [-0.3, -0.25) is 14.9 Å². The van der Waals surface area contributed by atoms with Crippen LogP contribution in [-0.2, 0) is 38.0 Å². The van der Waals surface area contributed by atoms with Crippen molar-refractivity contribution in [3.05, 3.63) is 240 Å². The Kier molecular flexibility index (Phi) is 41.8. The Morgan fingerprint density at radius 1 is 0.481 bits per heavy atom. The number of benzene rings is 7. The summed E-state index contributed by atoms with van der Waals surface area (Å²) in [7, 11) is 0. The van der Waals surface area contributed by atoms with Crippen molar-refractivity contribution in [1.82, 2.24) is 20.6 Å². The molecule has 1 heterocycles. The van der Waals surface area contributed by atoms with E-state index >= 15 is 0 Å². The lowest BCUT2D eigenvalue weighted by atomic mass is 9.78. The summed E-state index contributed by atoms with van der Waals surface area (Å²) in [4.78, 5) is 71.0. The molecule has 0 atom stereocenters. The van der Waals surface area contributed by atoms with Gasteiger partial charge in [-0.05, 0) is 208 Å². The molecular weight excluding hydrogens is 1700 g/mol. The Labute approximate surface area is 784 Å². The first-order valence-corrected chi connectivity index (χ1v) is 46.9. The van der Waals surface area contributed by atoms with Crippen molar-refractivity contribution >= 4 is 74.9 Å². The maximum atomic E-state index is 14.3. The number of hydrogen-bond acceptors (Lipinski definition) is 15. The summed E-state index contributed by atoms with van der Waals surface area (Å²) in [6, 6.07) is 32.3. The summed E-state index contributed by atoms with van der Waals surface area (Å²) < 4.78 is 79.7. The molecule has 1 aromatic heterocycles. The number of aliphatic imine (C=N–C) groups is 1. The standard InChI is InChI=1S/C28H36F2N6O.C27H34F2N4O.C20H29N3O2.C20H31N3.C7H3F2NO.C2H6O/c1-18(2)16-36(17-19(3)4)25-10-8-21(28(11-5-6-12-28)27-32-34-35-33-27)14-24(25)31-26(37)13-20-7-9-22(29)15-23(20)30;1-18(2)16-33(17-19(3)4)25-11-8-20(27(30-5)12-6-7-13-27)14-24(25)32-26(34)31-23-10-9-21(28)15-22(23)29;1-15(2)13-22(14-16(3)4)18-9-8-17(12-19(18)23(24)25)20(21-5)10-6-7-11-20;1-15(2)13-23(14-16(3)4)19-9-8-17(12-18(19)21)20(22-5)10-6-7-11-20;8-5-1-2-7(10-4-11)6(9)3-5;1-2-3/h7-10,14-15,18-19H,5-6,11-13,16-17H2,1-4H3,(H,31,37)(H,32,33,34,35);8-11,14-15,18-19H,6-7,12-13,16-17H2,1-4H3,(H2,31,32,34);8-9,12,15-16H,6-7,10-11,13-14H2,1-4H3;8-9,12,15-16H,6-7,10-11,13-14,21H2,1-4H3;1-3H;3H,2H2,1H3. The van der Waals surface area contributed by atoms with Gasteiger partial charge in [-0.2, -0.15) is 10.2 Å². The molecule has 0 bridgehead atoms. The molecule has 0 spiro atoms. The number of aromatic nitrogens is 4. The molecule has 0 saturated heterocycles. The lowest BCUT2D eigenvalue weighted by molar-refractivity contribution is -0.384. The van der Waals surface area contributed by atoms with Crippen LogP contribution in [0.3, 0.4) is 0 Å². The lowest BCUT2D eigenvalue weighted by Crippen LogP contribution is -2.33. The van der Waals surface area contributed by atoms with Crippen LogP contribution in [0.5, 0.6) is 0 Å². The fourth-order valence-electron chi connectivity index (χ4n) is 18.2. The van der Waals surface area contributed by atoms with Crippen molar-refractivity contribution in [2.45, 2.75) is 249 Å². The largest absolute Gasteiger partial charge is 0.397 e. The van der Waals surface area contributed by atoms with Crippen LogP contribution in [0, 0.1) is 112 Å². The number of aromatic amines is 1. The second kappa shape index (κ2) is 51.4. The van der Waals surface area contributed by atoms with Crippen molar-refractivity contribution in [2.75, 3.05) is 100 Å². The number of hydrogen-bond donors (Lipinski definition) is 6. The van der Waals surface area contributed by atoms with Crippen LogP contribution in [0.1, 0.15) is 254 Å². The number of nitro groups is 1. The number of H-pyrrole nitrogens is 1. The summed E-state index contributed by atoms with van der Waals surface area (Å²) in [5, 5.41) is 42.8. The molecular formula is C104H139F6N17O6. The number of amides is 3. The predicted octanol–water partition coefficient (Wildman–Crippen LogP) is 25.5. The van der Waals surface area contributed by atoms with Gasteiger partial charge in [-0.25, -0.2) is 55.6 Å². The van der Waals surface area contributed by atoms with E-state index in [0.29, 0.717) is 76.3 Å². The van der Waals surface area contributed by atoms with Gasteiger partial charge < -0.3 is 60.9 Å². The zero-order valence-electron chi connectivity index (χ0n) is 80.8. The molecule has 8 aromatic rings. The van der Waals surface area contributed by atoms with Crippen LogP contribution in [0.25, 0.3) is 14.5 Å². The van der Waals surface area contributed by atoms with Gasteiger partial charge in [0.05, 0.1) is 56.6 Å². The Morgan fingerprint density at radius 3 is 1.23 bits per heavy atom. The number of rotatable bonds is 32. The number of tetrazole rings is 1. The first-order chi connectivity index (χ1) is 63.1. The average molecular weight is 1840 g/mol. The summed E-state index contributed by atoms with van der Waals surface area (Å²) in [6.07, 6.45) is 16.3. The molecule has 23 nitrogen and oxygen atoms in total. The molecule has 4 fully saturated rings. The molecule has 7 N–H and O–H groups in total. The average Bonchev–Trinajstić information content (AvgIpc) is 1.66. The number of nitro benzene ring substituents is 1. The molecule has 0 unspecified atom stereocenters. The number of carbonyl (C=O) groups is 2. The van der Waals surface area contributed by atoms with E-state index in [1.807, 2.05) is 36.4 Å². The van der Waals surface area contributed by atoms with Crippen LogP contribution < -0.4 is 41.3 Å². The number of nitrogens with two attached hydrogens (primary N) is 1. The third-order valence-electron chi connectivity index (χ3n) is 23.7. The molecule has 3 amide bonds. The number of carbonyl (C=O) groups excluding carboxylic acids is 3. The van der Waals surface area contributed by atoms with Crippen LogP contribution in [-0.4, -0.2) is 108 Å². The van der Waals surface area contributed by atoms with Crippen LogP contribution in [0.4, 0.5) is 88.0 Å². The van der Waals surface area contributed by atoms with E-state index in [1.54, 1.807) is 13.0 Å². The van der Waals surface area contributed by atoms with Gasteiger partial charge in [0.15, 0.2) is 11.6 Å². The van der Waals surface area contributed by atoms with E-state index in [1.165, 1.54) is 18.2 Å². The highest BCUT2D eigenvalue weighted by Gasteiger charge is 2.47. The normalized spacial score (nSPS) is 14.7. The summed E-state index contributed by atoms with van der Waals surface area (Å²) in [5.74, 6) is -0.573. The van der Waals surface area contributed by atoms with Crippen LogP contribution in [0.2, 0.25) is 0 Å². The third-order valence-corrected chi connectivity index (χ3v) is 23.7. The van der Waals surface area contributed by atoms with Gasteiger partial charge in [0.25, 0.3) is 22.3 Å². The van der Waals surface area contributed by atoms with Crippen molar-refractivity contribution in [3.63, 3.8) is 0 Å². The fraction of sp³-hybridized carbons (Fsp3) is 0.529. The maximum Gasteiger partial charge on any atom is 0.323 e. The Balaban J connectivity index is 0.000000234. The second-order valence-corrected chi connectivity index (χ2v) is 38.8. The van der Waals surface area contributed by atoms with E-state index in [-0.39, 0.29) is 57.4 Å². The molecule has 12 rings (SSSR count). The van der Waals surface area contributed by atoms with Gasteiger partial charge in [0.1, 0.15) is 40.5 Å². The summed E-state index contributed by atoms with van der Waals surface area (Å²) in [6.45, 7) is 66.6. The van der Waals surface area contributed by atoms with E-state index in [4.69, 9.17) is 30.6 Å². The maximum absolute atomic E-state index is 14.3. The number of nitrogens with one attached hydrogen (secondary N) is 4. The monoisotopic (exact) mass is 1840 g/mol. The molecule has 4 aliphatic carbocycles. The number of isocyanates is 1. The lowest BCUT2D eigenvalue weighted by Gasteiger charge is -2.32. The highest BCUT2D eigenvalue weighted by atomic mass is 19.2. The molecule has 133 heavy (non-hydrogen) atoms. The highest BCUT2D eigenvalue weighted by molar-refractivity contribution is 6.02. The number of urea groups is 1. The fourth-order valence-corrected chi connectivity index (χ4v) is 18.2. The smallest absolute Gasteiger partial charge is 0.323 e. The molecule has 718 valence electrons. The zero-order valence-corrected chi connectivity index (χ0v) is 80.8. The number of nitrogens with zero attached hydrogens (tertiary/aromatic N) is 12. The van der Waals surface area contributed by atoms with E-state index in [2.05, 4.69) is 217 Å². The minimum absolute atomic E-state index is 0.105. The SMILES string of the molecule is CC(C)CN(CC(C)C)c1ccc(C2(c3nn[nH]n3)CCCC2)cc1NC(=O)Cc1ccc(F)cc1F.CCO.O=C=Nc1ccc(F)cc1F.[C-]#[N+]C1(c2ccc(N(CC(C)C)CC(C)C)c(N)c2)CCCC1.[C-]#[N+]C1(c2ccc(N(CC(C)C)CC(C)C)c(NC(=O)Nc3ccc(F)cc3F)c2)CCCC1.[C-]#[N+]C1(c2ccc(N(CC(C)C)CC(C)C)c([N+](=O)[O-])c2)CCCC1. The van der Waals surface area contributed by atoms with Crippen molar-refractivity contribution in [1.29, 1.82) is 0 Å². The van der Waals surface area contributed by atoms with Gasteiger partial charge in [0, 0.05) is 138 Å². The Morgan fingerprint density at radius 2 is 0.835 bits per heavy atom. The number of aliphatic hydroxyl groups is 1. The number of halogens is 6. The molecule has 0 aliphatic heterocycles. The number of nitrogen functional groups attached to an aromatic ring is 1. The third kappa shape index (κ3) is 31.1. The van der Waals surface area contributed by atoms with Crippen LogP contribution in [0.15, 0.2) is 132 Å². The summed E-state index contributed by atoms with van der Waals surface area (Å²) >= 11 is 0. The predicted molar refractivity (Wildman–Crippen MR) is 523 cm³/mol. The first-order valence-electron chi connectivity index (χ1n) is 46.9. The zero-order chi connectivity index (χ0) is 98.1. The number of anilines is 8. The van der Waals surface area contributed by atoms with Crippen molar-refractivity contribution in [2.24, 2.45) is 52.3 Å². The molecule has 29 heteroatoms. The van der Waals surface area contributed by atoms with E-state index in [0.717, 1.165) is 237 Å². The Bertz CT molecular complexity index is 5220. The first kappa shape index (κ1) is 108. The highest BCUT2D eigenvalue weighted by Crippen LogP contribution is 2.50. The van der Waals surface area contributed by atoms with Crippen LogP contribution >= 0.6 is 0 Å². The summed E-state index contributed by atoms with van der Waals surface area (Å²) in [5.41, 5.74) is 14.0. The molecule has 7 aromatic carbocycles. The van der Waals surface area contributed by atoms with Crippen molar-refractivity contribution < 1.29 is 50.8 Å². The van der Waals surface area contributed by atoms with Crippen molar-refractivity contribution in [3.8, 4) is 0 Å². The number of aliphatic hydroxyl groups excluding tert-OH is 1. The minimum atomic E-state index is -0.867. The van der Waals surface area contributed by atoms with Gasteiger partial charge in [-0.1, -0.05) is 141 Å². The molecule has 0 radical (unpaired) electrons. The van der Waals surface area contributed by atoms with E-state index in [9.17, 15) is 50.8 Å². The van der Waals surface area contributed by atoms with Gasteiger partial charge >= 0.3 is 6.03 Å². The van der Waals surface area contributed by atoms with Gasteiger partial charge in [0.2, 0.25) is 12.0 Å². The topological polar surface area (TPSA) is 270 Å². The van der Waals surface area contributed by atoms with Gasteiger partial charge in [-0.15, -0.1) is 10.2 Å². The quantitative estimate of drug-likeness (QED) is 0.00435. The Hall–Kier alpha value is -11.9. The second-order valence-electron chi connectivity index (χ2n) is 38.8. The minimum Gasteiger partial charge on any atom is -0.397 e. The molecule has 4 saturated carbocycles. The molecule has 4 aliphatic rings.